The molecule has 0 amide bonds. The number of benzene rings is 1. The smallest absolute Gasteiger partial charge is 0.335 e. The van der Waals surface area contributed by atoms with Crippen molar-refractivity contribution in [2.24, 2.45) is 0 Å². The fourth-order valence-corrected chi connectivity index (χ4v) is 2.93. The van der Waals surface area contributed by atoms with E-state index in [1.165, 1.54) is 25.3 Å². The first kappa shape index (κ1) is 17.4. The second-order valence-corrected chi connectivity index (χ2v) is 6.02. The van der Waals surface area contributed by atoms with Crippen LogP contribution >= 0.6 is 0 Å². The Balaban J connectivity index is 3.00. The van der Waals surface area contributed by atoms with Crippen molar-refractivity contribution in [3.63, 3.8) is 0 Å². The van der Waals surface area contributed by atoms with Crippen LogP contribution in [0.25, 0.3) is 0 Å². The normalized spacial score (nSPS) is 12.9. The number of carboxylic acids is 1. The van der Waals surface area contributed by atoms with Crippen molar-refractivity contribution in [3.05, 3.63) is 23.8 Å². The second-order valence-electron chi connectivity index (χ2n) is 4.29. The Labute approximate surface area is 123 Å². The van der Waals surface area contributed by atoms with E-state index >= 15 is 0 Å². The first-order valence-corrected chi connectivity index (χ1v) is 7.82. The standard InChI is InChI=1S/C13H19NO6S/c1-4-20-9(2)8-14-21(17,18)12-6-5-10(13(15)16)7-11(12)19-3/h5-7,9,14H,4,8H2,1-3H3,(H,15,16). The van der Waals surface area contributed by atoms with Crippen LogP contribution in [-0.4, -0.2) is 45.9 Å². The Morgan fingerprint density at radius 3 is 2.62 bits per heavy atom. The first-order chi connectivity index (χ1) is 9.81. The molecule has 7 nitrogen and oxygen atoms in total. The molecule has 0 bridgehead atoms. The molecule has 1 unspecified atom stereocenters. The van der Waals surface area contributed by atoms with Crippen molar-refractivity contribution in [2.45, 2.75) is 24.8 Å². The lowest BCUT2D eigenvalue weighted by atomic mass is 10.2. The molecule has 0 saturated carbocycles. The van der Waals surface area contributed by atoms with E-state index in [2.05, 4.69) is 4.72 Å². The van der Waals surface area contributed by atoms with Crippen LogP contribution in [0.1, 0.15) is 24.2 Å². The number of sulfonamides is 1. The number of hydrogen-bond donors (Lipinski definition) is 2. The van der Waals surface area contributed by atoms with Crippen molar-refractivity contribution in [2.75, 3.05) is 20.3 Å². The van der Waals surface area contributed by atoms with Gasteiger partial charge < -0.3 is 14.6 Å². The Kier molecular flexibility index (Phi) is 6.13. The summed E-state index contributed by atoms with van der Waals surface area (Å²) >= 11 is 0. The first-order valence-electron chi connectivity index (χ1n) is 6.34. The predicted molar refractivity (Wildman–Crippen MR) is 76.2 cm³/mol. The number of carboxylic acid groups (broad SMARTS) is 1. The number of rotatable bonds is 8. The molecule has 0 aliphatic carbocycles. The molecule has 1 rings (SSSR count). The maximum absolute atomic E-state index is 12.2. The van der Waals surface area contributed by atoms with E-state index in [1.54, 1.807) is 6.92 Å². The molecule has 1 aromatic carbocycles. The summed E-state index contributed by atoms with van der Waals surface area (Å²) in [6.07, 6.45) is -0.269. The van der Waals surface area contributed by atoms with Crippen LogP contribution in [0, 0.1) is 0 Å². The molecule has 0 fully saturated rings. The Hall–Kier alpha value is -1.64. The average Bonchev–Trinajstić information content (AvgIpc) is 2.44. The Bertz CT molecular complexity index is 599. The van der Waals surface area contributed by atoms with Gasteiger partial charge in [-0.3, -0.25) is 0 Å². The van der Waals surface area contributed by atoms with E-state index < -0.39 is 16.0 Å². The van der Waals surface area contributed by atoms with Gasteiger partial charge in [0, 0.05) is 13.2 Å². The lowest BCUT2D eigenvalue weighted by molar-refractivity contribution is 0.0696. The zero-order valence-electron chi connectivity index (χ0n) is 12.1. The summed E-state index contributed by atoms with van der Waals surface area (Å²) in [6, 6.07) is 3.59. The maximum Gasteiger partial charge on any atom is 0.335 e. The van der Waals surface area contributed by atoms with Crippen LogP contribution in [-0.2, 0) is 14.8 Å². The van der Waals surface area contributed by atoms with Gasteiger partial charge in [0.05, 0.1) is 18.8 Å². The molecule has 0 heterocycles. The van der Waals surface area contributed by atoms with Gasteiger partial charge in [0.25, 0.3) is 0 Å². The molecule has 0 spiro atoms. The highest BCUT2D eigenvalue weighted by Crippen LogP contribution is 2.24. The predicted octanol–water partition coefficient (Wildman–Crippen LogP) is 1.10. The van der Waals surface area contributed by atoms with E-state index in [9.17, 15) is 13.2 Å². The average molecular weight is 317 g/mol. The van der Waals surface area contributed by atoms with Gasteiger partial charge in [0.1, 0.15) is 10.6 Å². The van der Waals surface area contributed by atoms with Gasteiger partial charge in [-0.2, -0.15) is 0 Å². The number of nitrogens with one attached hydrogen (secondary N) is 1. The second kappa shape index (κ2) is 7.39. The maximum atomic E-state index is 12.2. The number of aromatic carboxylic acids is 1. The topological polar surface area (TPSA) is 102 Å². The third kappa shape index (κ3) is 4.69. The largest absolute Gasteiger partial charge is 0.495 e. The van der Waals surface area contributed by atoms with E-state index in [0.29, 0.717) is 6.61 Å². The molecule has 8 heteroatoms. The van der Waals surface area contributed by atoms with Crippen molar-refractivity contribution in [3.8, 4) is 5.75 Å². The molecular weight excluding hydrogens is 298 g/mol. The highest BCUT2D eigenvalue weighted by Gasteiger charge is 2.21. The van der Waals surface area contributed by atoms with Crippen molar-refractivity contribution in [1.29, 1.82) is 0 Å². The summed E-state index contributed by atoms with van der Waals surface area (Å²) in [5.41, 5.74) is -0.0477. The van der Waals surface area contributed by atoms with E-state index in [4.69, 9.17) is 14.6 Å². The lowest BCUT2D eigenvalue weighted by Gasteiger charge is -2.14. The molecule has 0 radical (unpaired) electrons. The molecule has 21 heavy (non-hydrogen) atoms. The van der Waals surface area contributed by atoms with Gasteiger partial charge in [0.15, 0.2) is 0 Å². The minimum atomic E-state index is -3.81. The van der Waals surface area contributed by atoms with E-state index in [0.717, 1.165) is 0 Å². The summed E-state index contributed by atoms with van der Waals surface area (Å²) in [4.78, 5) is 10.8. The quantitative estimate of drug-likeness (QED) is 0.744. The number of carbonyl (C=O) groups is 1. The third-order valence-electron chi connectivity index (χ3n) is 2.71. The number of ether oxygens (including phenoxy) is 2. The van der Waals surface area contributed by atoms with Gasteiger partial charge >= 0.3 is 5.97 Å². The van der Waals surface area contributed by atoms with Crippen LogP contribution in [0.3, 0.4) is 0 Å². The van der Waals surface area contributed by atoms with Crippen LogP contribution in [0.2, 0.25) is 0 Å². The van der Waals surface area contributed by atoms with E-state index in [1.807, 2.05) is 6.92 Å². The fraction of sp³-hybridized carbons (Fsp3) is 0.462. The van der Waals surface area contributed by atoms with Gasteiger partial charge in [-0.05, 0) is 32.0 Å². The summed E-state index contributed by atoms with van der Waals surface area (Å²) in [5.74, 6) is -1.18. The summed E-state index contributed by atoms with van der Waals surface area (Å²) in [6.45, 7) is 4.16. The van der Waals surface area contributed by atoms with Crippen LogP contribution in [0.15, 0.2) is 23.1 Å². The number of methoxy groups -OCH3 is 1. The summed E-state index contributed by atoms with van der Waals surface area (Å²) in [5, 5.41) is 8.90. The van der Waals surface area contributed by atoms with Gasteiger partial charge in [-0.1, -0.05) is 0 Å². The number of hydrogen-bond acceptors (Lipinski definition) is 5. The van der Waals surface area contributed by atoms with Crippen LogP contribution in [0.5, 0.6) is 5.75 Å². The highest BCUT2D eigenvalue weighted by molar-refractivity contribution is 7.89. The molecule has 2 N–H and O–H groups in total. The Morgan fingerprint density at radius 2 is 2.10 bits per heavy atom. The monoisotopic (exact) mass is 317 g/mol. The molecule has 0 aliphatic rings. The van der Waals surface area contributed by atoms with Crippen LogP contribution in [0.4, 0.5) is 0 Å². The summed E-state index contributed by atoms with van der Waals surface area (Å²) in [7, 11) is -2.53. The van der Waals surface area contributed by atoms with Gasteiger partial charge in [0.2, 0.25) is 10.0 Å². The minimum Gasteiger partial charge on any atom is -0.495 e. The van der Waals surface area contributed by atoms with E-state index in [-0.39, 0.29) is 28.9 Å². The molecule has 0 saturated heterocycles. The SMILES string of the molecule is CCOC(C)CNS(=O)(=O)c1ccc(C(=O)O)cc1OC. The molecule has 0 aliphatic heterocycles. The fourth-order valence-electron chi connectivity index (χ4n) is 1.67. The van der Waals surface area contributed by atoms with Crippen LogP contribution < -0.4 is 9.46 Å². The van der Waals surface area contributed by atoms with Gasteiger partial charge in [-0.25, -0.2) is 17.9 Å². The molecule has 1 atom stereocenters. The zero-order chi connectivity index (χ0) is 16.0. The van der Waals surface area contributed by atoms with Crippen molar-refractivity contribution < 1.29 is 27.8 Å². The molecule has 118 valence electrons. The molecule has 0 aromatic heterocycles. The molecular formula is C13H19NO6S. The third-order valence-corrected chi connectivity index (χ3v) is 4.18. The lowest BCUT2D eigenvalue weighted by Crippen LogP contribution is -2.32. The zero-order valence-corrected chi connectivity index (χ0v) is 12.9. The van der Waals surface area contributed by atoms with Gasteiger partial charge in [-0.15, -0.1) is 0 Å². The van der Waals surface area contributed by atoms with Crippen molar-refractivity contribution >= 4 is 16.0 Å². The summed E-state index contributed by atoms with van der Waals surface area (Å²) < 4.78 is 37.0. The Morgan fingerprint density at radius 1 is 1.43 bits per heavy atom. The minimum absolute atomic E-state index is 0.0218. The molecule has 1 aromatic rings. The highest BCUT2D eigenvalue weighted by atomic mass is 32.2. The van der Waals surface area contributed by atoms with Crippen molar-refractivity contribution in [1.82, 2.24) is 4.72 Å².